The fraction of sp³-hybridized carbons (Fsp3) is 0.333. The third-order valence-corrected chi connectivity index (χ3v) is 1.93. The van der Waals surface area contributed by atoms with Crippen LogP contribution in [0, 0.1) is 6.92 Å². The molecule has 0 bridgehead atoms. The number of phenolic OH excluding ortho intramolecular Hbond substituents is 2. The second-order valence-corrected chi connectivity index (χ2v) is 2.86. The Balaban J connectivity index is 2.90. The average molecular weight is 183 g/mol. The number of hydrogen-bond acceptors (Lipinski definition) is 4. The smallest absolute Gasteiger partial charge is 0.161 e. The van der Waals surface area contributed by atoms with Crippen LogP contribution < -0.4 is 5.90 Å². The van der Waals surface area contributed by atoms with Crippen molar-refractivity contribution in [1.82, 2.24) is 0 Å². The van der Waals surface area contributed by atoms with Crippen LogP contribution in [-0.2, 0) is 11.3 Å². The molecule has 4 heteroatoms. The minimum Gasteiger partial charge on any atom is -0.504 e. The summed E-state index contributed by atoms with van der Waals surface area (Å²) in [4.78, 5) is 4.38. The Morgan fingerprint density at radius 3 is 2.62 bits per heavy atom. The molecule has 72 valence electrons. The van der Waals surface area contributed by atoms with Crippen molar-refractivity contribution in [3.8, 4) is 11.5 Å². The highest BCUT2D eigenvalue weighted by Crippen LogP contribution is 2.32. The molecule has 4 N–H and O–H groups in total. The Hall–Kier alpha value is -1.26. The lowest BCUT2D eigenvalue weighted by atomic mass is 10.1. The summed E-state index contributed by atoms with van der Waals surface area (Å²) in [5.41, 5.74) is 1.28. The average Bonchev–Trinajstić information content (AvgIpc) is 2.13. The molecule has 0 saturated heterocycles. The summed E-state index contributed by atoms with van der Waals surface area (Å²) in [6, 6.07) is 3.48. The van der Waals surface area contributed by atoms with Gasteiger partial charge in [0.2, 0.25) is 0 Å². The van der Waals surface area contributed by atoms with E-state index in [1.165, 1.54) is 0 Å². The van der Waals surface area contributed by atoms with E-state index in [1.807, 2.05) is 0 Å². The maximum absolute atomic E-state index is 9.46. The Kier molecular flexibility index (Phi) is 3.11. The largest absolute Gasteiger partial charge is 0.504 e. The van der Waals surface area contributed by atoms with E-state index < -0.39 is 0 Å². The molecule has 0 aliphatic heterocycles. The van der Waals surface area contributed by atoms with E-state index in [0.29, 0.717) is 24.2 Å². The van der Waals surface area contributed by atoms with Gasteiger partial charge in [0.25, 0.3) is 0 Å². The van der Waals surface area contributed by atoms with Gasteiger partial charge in [0, 0.05) is 12.0 Å². The van der Waals surface area contributed by atoms with Crippen LogP contribution in [0.5, 0.6) is 11.5 Å². The van der Waals surface area contributed by atoms with Gasteiger partial charge in [-0.15, -0.1) is 0 Å². The molecule has 13 heavy (non-hydrogen) atoms. The molecule has 0 aliphatic rings. The SMILES string of the molecule is Cc1ccc(CCON)c(O)c1O. The Morgan fingerprint density at radius 2 is 2.00 bits per heavy atom. The number of phenols is 2. The van der Waals surface area contributed by atoms with Crippen LogP contribution in [-0.4, -0.2) is 16.8 Å². The maximum Gasteiger partial charge on any atom is 0.161 e. The third kappa shape index (κ3) is 2.11. The molecule has 0 amide bonds. The van der Waals surface area contributed by atoms with Crippen molar-refractivity contribution >= 4 is 0 Å². The van der Waals surface area contributed by atoms with Crippen molar-refractivity contribution in [2.24, 2.45) is 5.90 Å². The first-order valence-corrected chi connectivity index (χ1v) is 3.99. The molecule has 0 saturated carbocycles. The molecule has 0 aromatic heterocycles. The van der Waals surface area contributed by atoms with E-state index >= 15 is 0 Å². The van der Waals surface area contributed by atoms with Gasteiger partial charge in [-0.3, -0.25) is 0 Å². The lowest BCUT2D eigenvalue weighted by Crippen LogP contribution is -2.03. The Morgan fingerprint density at radius 1 is 1.31 bits per heavy atom. The molecular weight excluding hydrogens is 170 g/mol. The highest BCUT2D eigenvalue weighted by Gasteiger charge is 2.08. The van der Waals surface area contributed by atoms with E-state index in [1.54, 1.807) is 19.1 Å². The second kappa shape index (κ2) is 4.11. The van der Waals surface area contributed by atoms with E-state index in [0.717, 1.165) is 0 Å². The summed E-state index contributed by atoms with van der Waals surface area (Å²) < 4.78 is 0. The van der Waals surface area contributed by atoms with Gasteiger partial charge in [0.1, 0.15) is 0 Å². The van der Waals surface area contributed by atoms with Gasteiger partial charge < -0.3 is 15.1 Å². The predicted molar refractivity (Wildman–Crippen MR) is 48.4 cm³/mol. The molecule has 1 rings (SSSR count). The number of hydrogen-bond donors (Lipinski definition) is 3. The van der Waals surface area contributed by atoms with Gasteiger partial charge in [-0.25, -0.2) is 5.90 Å². The maximum atomic E-state index is 9.46. The fourth-order valence-electron chi connectivity index (χ4n) is 1.09. The monoisotopic (exact) mass is 183 g/mol. The van der Waals surface area contributed by atoms with E-state index in [2.05, 4.69) is 4.84 Å². The number of aromatic hydroxyl groups is 2. The van der Waals surface area contributed by atoms with E-state index in [4.69, 9.17) is 5.90 Å². The van der Waals surface area contributed by atoms with Crippen LogP contribution in [0.15, 0.2) is 12.1 Å². The quantitative estimate of drug-likeness (QED) is 0.479. The van der Waals surface area contributed by atoms with Gasteiger partial charge in [0.15, 0.2) is 11.5 Å². The number of aryl methyl sites for hydroxylation is 1. The molecule has 0 spiro atoms. The van der Waals surface area contributed by atoms with Crippen molar-refractivity contribution in [2.45, 2.75) is 13.3 Å². The van der Waals surface area contributed by atoms with Crippen molar-refractivity contribution in [3.05, 3.63) is 23.3 Å². The zero-order valence-corrected chi connectivity index (χ0v) is 7.45. The Labute approximate surface area is 76.5 Å². The van der Waals surface area contributed by atoms with Crippen molar-refractivity contribution < 1.29 is 15.1 Å². The first-order chi connectivity index (χ1) is 6.16. The highest BCUT2D eigenvalue weighted by molar-refractivity contribution is 5.49. The summed E-state index contributed by atoms with van der Waals surface area (Å²) in [5.74, 6) is 4.69. The zero-order valence-electron chi connectivity index (χ0n) is 7.45. The molecular formula is C9H13NO3. The molecule has 0 fully saturated rings. The lowest BCUT2D eigenvalue weighted by Gasteiger charge is -2.07. The number of rotatable bonds is 3. The van der Waals surface area contributed by atoms with Crippen molar-refractivity contribution in [1.29, 1.82) is 0 Å². The molecule has 4 nitrogen and oxygen atoms in total. The lowest BCUT2D eigenvalue weighted by molar-refractivity contribution is 0.140. The highest BCUT2D eigenvalue weighted by atomic mass is 16.6. The Bertz CT molecular complexity index is 299. The molecule has 0 heterocycles. The van der Waals surface area contributed by atoms with Crippen LogP contribution in [0.25, 0.3) is 0 Å². The predicted octanol–water partition coefficient (Wildman–Crippen LogP) is 0.839. The van der Waals surface area contributed by atoms with Gasteiger partial charge in [-0.1, -0.05) is 12.1 Å². The van der Waals surface area contributed by atoms with E-state index in [-0.39, 0.29) is 11.5 Å². The first-order valence-electron chi connectivity index (χ1n) is 3.99. The second-order valence-electron chi connectivity index (χ2n) is 2.86. The molecule has 0 unspecified atom stereocenters. The van der Waals surface area contributed by atoms with Gasteiger partial charge >= 0.3 is 0 Å². The fourth-order valence-corrected chi connectivity index (χ4v) is 1.09. The first kappa shape index (κ1) is 9.83. The minimum atomic E-state index is -0.0861. The molecule has 1 aromatic rings. The van der Waals surface area contributed by atoms with Gasteiger partial charge in [-0.2, -0.15) is 0 Å². The number of benzene rings is 1. The van der Waals surface area contributed by atoms with Crippen LogP contribution in [0.4, 0.5) is 0 Å². The van der Waals surface area contributed by atoms with E-state index in [9.17, 15) is 10.2 Å². The van der Waals surface area contributed by atoms with Gasteiger partial charge in [-0.05, 0) is 12.5 Å². The third-order valence-electron chi connectivity index (χ3n) is 1.93. The minimum absolute atomic E-state index is 0.0745. The summed E-state index contributed by atoms with van der Waals surface area (Å²) in [7, 11) is 0. The van der Waals surface area contributed by atoms with Crippen LogP contribution in [0.1, 0.15) is 11.1 Å². The van der Waals surface area contributed by atoms with Crippen LogP contribution in [0.3, 0.4) is 0 Å². The summed E-state index contributed by atoms with van der Waals surface area (Å²) >= 11 is 0. The van der Waals surface area contributed by atoms with Crippen molar-refractivity contribution in [2.75, 3.05) is 6.61 Å². The molecule has 0 atom stereocenters. The van der Waals surface area contributed by atoms with Crippen molar-refractivity contribution in [3.63, 3.8) is 0 Å². The van der Waals surface area contributed by atoms with Crippen LogP contribution in [0.2, 0.25) is 0 Å². The normalized spacial score (nSPS) is 10.3. The molecule has 0 aliphatic carbocycles. The molecule has 1 aromatic carbocycles. The summed E-state index contributed by atoms with van der Waals surface area (Å²) in [5, 5.41) is 18.8. The van der Waals surface area contributed by atoms with Gasteiger partial charge in [0.05, 0.1) is 6.61 Å². The standard InChI is InChI=1S/C9H13NO3/c1-6-2-3-7(4-5-13-10)9(12)8(6)11/h2-3,11-12H,4-5,10H2,1H3. The topological polar surface area (TPSA) is 75.7 Å². The zero-order chi connectivity index (χ0) is 9.84. The number of nitrogens with two attached hydrogens (primary N) is 1. The summed E-state index contributed by atoms with van der Waals surface area (Å²) in [6.45, 7) is 2.04. The van der Waals surface area contributed by atoms with Crippen LogP contribution >= 0.6 is 0 Å². The summed E-state index contributed by atoms with van der Waals surface area (Å²) in [6.07, 6.45) is 0.482. The molecule has 0 radical (unpaired) electrons.